The van der Waals surface area contributed by atoms with Gasteiger partial charge >= 0.3 is 18.0 Å². The van der Waals surface area contributed by atoms with Gasteiger partial charge in [0.1, 0.15) is 28.9 Å². The third-order valence-electron chi connectivity index (χ3n) is 6.54. The molecule has 0 unspecified atom stereocenters. The van der Waals surface area contributed by atoms with Gasteiger partial charge in [0.25, 0.3) is 0 Å². The van der Waals surface area contributed by atoms with E-state index in [2.05, 4.69) is 20.6 Å². The fourth-order valence-electron chi connectivity index (χ4n) is 5.10. The number of hydrogen-bond donors (Lipinski definition) is 2. The fourth-order valence-corrected chi connectivity index (χ4v) is 6.99. The predicted molar refractivity (Wildman–Crippen MR) is 148 cm³/mol. The Kier molecular flexibility index (Phi) is 10.1. The number of nitrogens with zero attached hydrogens (tertiary/aromatic N) is 2. The maximum absolute atomic E-state index is 13.7. The van der Waals surface area contributed by atoms with Gasteiger partial charge in [-0.25, -0.2) is 9.59 Å². The van der Waals surface area contributed by atoms with Crippen LogP contribution in [-0.4, -0.2) is 89.5 Å². The normalized spacial score (nSPS) is 28.1. The van der Waals surface area contributed by atoms with Gasteiger partial charge in [0.2, 0.25) is 5.91 Å². The van der Waals surface area contributed by atoms with E-state index in [4.69, 9.17) is 14.2 Å². The molecule has 11 nitrogen and oxygen atoms in total. The zero-order chi connectivity index (χ0) is 28.1. The lowest BCUT2D eigenvalue weighted by Gasteiger charge is -2.34. The van der Waals surface area contributed by atoms with Gasteiger partial charge in [0.05, 0.1) is 25.3 Å². The van der Waals surface area contributed by atoms with E-state index < -0.39 is 53.0 Å². The Morgan fingerprint density at radius 3 is 2.47 bits per heavy atom. The smallest absolute Gasteiger partial charge is 0.408 e. The molecule has 38 heavy (non-hydrogen) atoms. The monoisotopic (exact) mass is 570 g/mol. The number of aliphatic imine (C=N–C) groups is 2. The first-order valence-corrected chi connectivity index (χ1v) is 15.1. The minimum atomic E-state index is -1.45. The molecule has 0 aromatic rings. The molecule has 0 aromatic carbocycles. The molecular weight excluding hydrogens is 532 g/mol. The number of hydrogen-bond acceptors (Lipinski definition) is 11. The van der Waals surface area contributed by atoms with Gasteiger partial charge in [-0.05, 0) is 65.4 Å². The van der Waals surface area contributed by atoms with Crippen LogP contribution >= 0.6 is 23.5 Å². The van der Waals surface area contributed by atoms with Gasteiger partial charge in [-0.1, -0.05) is 0 Å². The summed E-state index contributed by atoms with van der Waals surface area (Å²) >= 11 is 2.98. The Balaban J connectivity index is 1.90. The van der Waals surface area contributed by atoms with Crippen molar-refractivity contribution in [3.05, 3.63) is 0 Å². The highest BCUT2D eigenvalue weighted by Crippen LogP contribution is 2.66. The quantitative estimate of drug-likeness (QED) is 0.283. The number of rotatable bonds is 11. The van der Waals surface area contributed by atoms with Gasteiger partial charge in [-0.2, -0.15) is 11.8 Å². The minimum Gasteiger partial charge on any atom is -0.466 e. The predicted octanol–water partition coefficient (Wildman–Crippen LogP) is 2.42. The maximum Gasteiger partial charge on any atom is 0.408 e. The van der Waals surface area contributed by atoms with Crippen LogP contribution in [0, 0.1) is 17.8 Å². The molecule has 2 amide bonds. The zero-order valence-corrected chi connectivity index (χ0v) is 24.4. The Bertz CT molecular complexity index is 983. The summed E-state index contributed by atoms with van der Waals surface area (Å²) in [5, 5.41) is 6.12. The Morgan fingerprint density at radius 1 is 1.18 bits per heavy atom. The molecule has 3 rings (SSSR count). The lowest BCUT2D eigenvalue weighted by atomic mass is 9.89. The summed E-state index contributed by atoms with van der Waals surface area (Å²) in [5.74, 6) is -2.20. The van der Waals surface area contributed by atoms with Crippen LogP contribution in [-0.2, 0) is 28.6 Å². The van der Waals surface area contributed by atoms with E-state index in [1.807, 2.05) is 6.26 Å². The molecule has 0 bridgehead atoms. The van der Waals surface area contributed by atoms with Gasteiger partial charge in [-0.15, -0.1) is 11.8 Å². The number of alkyl carbamates (subject to hydrolysis) is 1. The van der Waals surface area contributed by atoms with Crippen LogP contribution in [0.4, 0.5) is 4.79 Å². The molecule has 2 saturated carbocycles. The summed E-state index contributed by atoms with van der Waals surface area (Å²) in [6, 6.07) is -0.945. The second-order valence-corrected chi connectivity index (χ2v) is 12.6. The van der Waals surface area contributed by atoms with Crippen molar-refractivity contribution in [1.82, 2.24) is 10.6 Å². The molecule has 6 atom stereocenters. The summed E-state index contributed by atoms with van der Waals surface area (Å²) < 4.78 is 16.1. The lowest BCUT2D eigenvalue weighted by Crippen LogP contribution is -2.61. The highest BCUT2D eigenvalue weighted by molar-refractivity contribution is 8.16. The number of thioether (sulfide) groups is 2. The van der Waals surface area contributed by atoms with Crippen molar-refractivity contribution in [1.29, 1.82) is 0 Å². The van der Waals surface area contributed by atoms with E-state index in [0.29, 0.717) is 18.8 Å². The number of ether oxygens (including phenoxy) is 3. The molecule has 3 aliphatic rings. The first-order chi connectivity index (χ1) is 18.0. The zero-order valence-electron chi connectivity index (χ0n) is 22.8. The SMILES string of the molecule is CCOC(=O)[C@H]1[C@H]2[C@@H]1[C@](NC(=O)[C@H](CCSC)NC(=O)OC(C)(C)C)(C(=O)OCC)C[C@H]2SC1=NCN=C1. The number of esters is 2. The van der Waals surface area contributed by atoms with E-state index in [9.17, 15) is 19.2 Å². The molecule has 13 heteroatoms. The average Bonchev–Trinajstić information content (AvgIpc) is 3.22. The maximum atomic E-state index is 13.7. The summed E-state index contributed by atoms with van der Waals surface area (Å²) in [6.07, 6.45) is 3.42. The molecule has 0 radical (unpaired) electrons. The van der Waals surface area contributed by atoms with Gasteiger partial charge in [-0.3, -0.25) is 19.6 Å². The van der Waals surface area contributed by atoms with E-state index in [1.54, 1.807) is 40.8 Å². The first kappa shape index (κ1) is 30.3. The fraction of sp³-hybridized carbons (Fsp3) is 0.760. The molecular formula is C25H38N4O7S2. The van der Waals surface area contributed by atoms with Crippen LogP contribution < -0.4 is 10.6 Å². The largest absolute Gasteiger partial charge is 0.466 e. The van der Waals surface area contributed by atoms with E-state index >= 15 is 0 Å². The van der Waals surface area contributed by atoms with Crippen molar-refractivity contribution in [2.24, 2.45) is 27.7 Å². The molecule has 0 saturated heterocycles. The number of amides is 2. The van der Waals surface area contributed by atoms with Crippen molar-refractivity contribution in [2.45, 2.75) is 69.9 Å². The van der Waals surface area contributed by atoms with Crippen molar-refractivity contribution in [2.75, 3.05) is 31.9 Å². The molecule has 0 aromatic heterocycles. The molecule has 2 N–H and O–H groups in total. The molecule has 0 spiro atoms. The van der Waals surface area contributed by atoms with Crippen molar-refractivity contribution in [3.63, 3.8) is 0 Å². The third kappa shape index (κ3) is 7.02. The average molecular weight is 571 g/mol. The Morgan fingerprint density at radius 2 is 1.89 bits per heavy atom. The van der Waals surface area contributed by atoms with E-state index in [1.165, 1.54) is 23.5 Å². The van der Waals surface area contributed by atoms with Gasteiger partial charge < -0.3 is 24.8 Å². The third-order valence-corrected chi connectivity index (χ3v) is 8.45. The van der Waals surface area contributed by atoms with Crippen molar-refractivity contribution in [3.8, 4) is 0 Å². The summed E-state index contributed by atoms with van der Waals surface area (Å²) in [7, 11) is 0. The van der Waals surface area contributed by atoms with Crippen molar-refractivity contribution < 1.29 is 33.4 Å². The van der Waals surface area contributed by atoms with Crippen LogP contribution in [0.2, 0.25) is 0 Å². The molecule has 2 aliphatic carbocycles. The van der Waals surface area contributed by atoms with E-state index in [0.717, 1.165) is 5.04 Å². The summed E-state index contributed by atoms with van der Waals surface area (Å²) in [5.41, 5.74) is -2.19. The summed E-state index contributed by atoms with van der Waals surface area (Å²) in [4.78, 5) is 61.1. The molecule has 1 aliphatic heterocycles. The van der Waals surface area contributed by atoms with Crippen LogP contribution in [0.5, 0.6) is 0 Å². The topological polar surface area (TPSA) is 145 Å². The highest BCUT2D eigenvalue weighted by atomic mass is 32.2. The molecule has 1 heterocycles. The first-order valence-electron chi connectivity index (χ1n) is 12.8. The summed E-state index contributed by atoms with van der Waals surface area (Å²) in [6.45, 7) is 9.29. The highest BCUT2D eigenvalue weighted by Gasteiger charge is 2.76. The van der Waals surface area contributed by atoms with Gasteiger partial charge in [0, 0.05) is 11.2 Å². The Hall–Kier alpha value is -2.28. The van der Waals surface area contributed by atoms with Gasteiger partial charge in [0.15, 0.2) is 0 Å². The number of nitrogens with one attached hydrogen (secondary N) is 2. The lowest BCUT2D eigenvalue weighted by molar-refractivity contribution is -0.156. The van der Waals surface area contributed by atoms with Crippen LogP contribution in [0.25, 0.3) is 0 Å². The van der Waals surface area contributed by atoms with Crippen LogP contribution in [0.1, 0.15) is 47.5 Å². The number of carbonyl (C=O) groups excluding carboxylic acids is 4. The van der Waals surface area contributed by atoms with Crippen LogP contribution in [0.15, 0.2) is 9.98 Å². The minimum absolute atomic E-state index is 0.112. The van der Waals surface area contributed by atoms with Crippen LogP contribution in [0.3, 0.4) is 0 Å². The van der Waals surface area contributed by atoms with Crippen molar-refractivity contribution >= 4 is 58.7 Å². The standard InChI is InChI=1S/C25H38N4O7S2/c1-7-34-21(31)18-17-15(38-16-12-26-13-27-16)11-25(19(17)18,22(32)35-8-2)29-20(30)14(9-10-37-6)28-23(33)36-24(3,4)5/h12,14-15,17-19H,7-11,13H2,1-6H3,(H,28,33)(H,29,30)/t14-,15+,17-,18-,19-,25-/m0/s1. The van der Waals surface area contributed by atoms with E-state index in [-0.39, 0.29) is 30.8 Å². The molecule has 2 fully saturated rings. The Labute approximate surface area is 232 Å². The number of fused-ring (bicyclic) bond motifs is 1. The second kappa shape index (κ2) is 12.7. The molecule has 212 valence electrons. The number of carbonyl (C=O) groups is 4. The second-order valence-electron chi connectivity index (χ2n) is 10.4.